The van der Waals surface area contributed by atoms with Gasteiger partial charge in [0.25, 0.3) is 11.9 Å². The number of nitrogens with one attached hydrogen (secondary N) is 2. The van der Waals surface area contributed by atoms with E-state index < -0.39 is 16.1 Å². The molecule has 1 aliphatic heterocycles. The van der Waals surface area contributed by atoms with Crippen LogP contribution < -0.4 is 10.0 Å². The molecule has 2 N–H and O–H groups in total. The zero-order valence-electron chi connectivity index (χ0n) is 19.2. The van der Waals surface area contributed by atoms with Gasteiger partial charge >= 0.3 is 10.2 Å². The Bertz CT molecular complexity index is 1040. The van der Waals surface area contributed by atoms with Crippen molar-refractivity contribution in [1.82, 2.24) is 23.8 Å². The summed E-state index contributed by atoms with van der Waals surface area (Å²) in [7, 11) is -3.99. The molecule has 0 atom stereocenters. The van der Waals surface area contributed by atoms with E-state index in [2.05, 4.69) is 38.0 Å². The third-order valence-electron chi connectivity index (χ3n) is 5.24. The Labute approximate surface area is 188 Å². The van der Waals surface area contributed by atoms with Crippen LogP contribution in [0.1, 0.15) is 73.5 Å². The highest BCUT2D eigenvalue weighted by Gasteiger charge is 2.27. The molecule has 0 aliphatic carbocycles. The highest BCUT2D eigenvalue weighted by atomic mass is 32.2. The molecule has 1 saturated heterocycles. The summed E-state index contributed by atoms with van der Waals surface area (Å²) in [6.45, 7) is 12.0. The number of carbonyl (C=O) groups excluding carboxylic acids is 1. The van der Waals surface area contributed by atoms with Crippen LogP contribution in [0.25, 0.3) is 0 Å². The minimum absolute atomic E-state index is 0.124. The van der Waals surface area contributed by atoms with E-state index in [9.17, 15) is 13.2 Å². The van der Waals surface area contributed by atoms with Gasteiger partial charge in [0.15, 0.2) is 5.69 Å². The first-order valence-corrected chi connectivity index (χ1v) is 12.2. The second-order valence-corrected chi connectivity index (χ2v) is 10.0. The van der Waals surface area contributed by atoms with Gasteiger partial charge in [-0.3, -0.25) is 9.48 Å². The molecule has 0 unspecified atom stereocenters. The van der Waals surface area contributed by atoms with Crippen LogP contribution in [-0.2, 0) is 21.5 Å². The standard InChI is InChI=1S/C20H32N6O5S/c1-13(2)18-16(15(5)26(23-18)14(3)4)11-21-20-22-17(12-31-20)19(27)24-32(28,29)25-7-6-9-30-10-8-25/h12-14H,6-11H2,1-5H3,(H,21,22)(H,24,27). The van der Waals surface area contributed by atoms with Crippen molar-refractivity contribution in [2.45, 2.75) is 59.5 Å². The van der Waals surface area contributed by atoms with Gasteiger partial charge in [-0.15, -0.1) is 0 Å². The molecule has 0 saturated carbocycles. The molecule has 1 amide bonds. The first-order chi connectivity index (χ1) is 15.1. The Morgan fingerprint density at radius 2 is 1.97 bits per heavy atom. The fourth-order valence-corrected chi connectivity index (χ4v) is 4.73. The van der Waals surface area contributed by atoms with Crippen LogP contribution in [0.4, 0.5) is 6.01 Å². The summed E-state index contributed by atoms with van der Waals surface area (Å²) < 4.78 is 40.8. The van der Waals surface area contributed by atoms with Crippen molar-refractivity contribution in [3.8, 4) is 0 Å². The summed E-state index contributed by atoms with van der Waals surface area (Å²) in [5.41, 5.74) is 2.96. The van der Waals surface area contributed by atoms with Gasteiger partial charge in [-0.1, -0.05) is 13.8 Å². The minimum atomic E-state index is -3.99. The highest BCUT2D eigenvalue weighted by Crippen LogP contribution is 2.25. The lowest BCUT2D eigenvalue weighted by Crippen LogP contribution is -2.44. The Morgan fingerprint density at radius 3 is 2.66 bits per heavy atom. The second kappa shape index (κ2) is 10.0. The van der Waals surface area contributed by atoms with Crippen molar-refractivity contribution in [2.75, 3.05) is 31.6 Å². The molecule has 1 aliphatic rings. The third-order valence-corrected chi connectivity index (χ3v) is 6.73. The smallest absolute Gasteiger partial charge is 0.304 e. The molecular weight excluding hydrogens is 436 g/mol. The largest absolute Gasteiger partial charge is 0.431 e. The molecule has 1 fully saturated rings. The molecule has 178 valence electrons. The van der Waals surface area contributed by atoms with Crippen molar-refractivity contribution >= 4 is 22.1 Å². The van der Waals surface area contributed by atoms with Gasteiger partial charge in [0.1, 0.15) is 6.26 Å². The van der Waals surface area contributed by atoms with Gasteiger partial charge in [0, 0.05) is 43.5 Å². The number of amides is 1. The topological polar surface area (TPSA) is 132 Å². The maximum Gasteiger partial charge on any atom is 0.304 e. The van der Waals surface area contributed by atoms with Gasteiger partial charge in [-0.2, -0.15) is 22.8 Å². The zero-order valence-corrected chi connectivity index (χ0v) is 20.0. The number of aromatic nitrogens is 3. The molecule has 11 nitrogen and oxygen atoms in total. The SMILES string of the molecule is Cc1c(CNc2nc(C(=O)NS(=O)(=O)N3CCCOCC3)co2)c(C(C)C)nn1C(C)C. The molecule has 2 aromatic heterocycles. The summed E-state index contributed by atoms with van der Waals surface area (Å²) in [5, 5.41) is 7.80. The van der Waals surface area contributed by atoms with E-state index in [1.807, 2.05) is 16.3 Å². The first kappa shape index (κ1) is 24.2. The number of anilines is 1. The van der Waals surface area contributed by atoms with Crippen molar-refractivity contribution in [3.05, 3.63) is 28.9 Å². The summed E-state index contributed by atoms with van der Waals surface area (Å²) in [6.07, 6.45) is 1.70. The van der Waals surface area contributed by atoms with Crippen LogP contribution >= 0.6 is 0 Å². The number of hydrogen-bond donors (Lipinski definition) is 2. The van der Waals surface area contributed by atoms with Crippen molar-refractivity contribution in [2.24, 2.45) is 0 Å². The number of carbonyl (C=O) groups is 1. The van der Waals surface area contributed by atoms with Crippen molar-refractivity contribution in [3.63, 3.8) is 0 Å². The lowest BCUT2D eigenvalue weighted by molar-refractivity contribution is 0.0973. The average Bonchev–Trinajstić information content (AvgIpc) is 3.20. The molecule has 2 aromatic rings. The third kappa shape index (κ3) is 5.48. The van der Waals surface area contributed by atoms with Crippen LogP contribution in [-0.4, -0.2) is 59.7 Å². The maximum atomic E-state index is 12.5. The molecular formula is C20H32N6O5S. The quantitative estimate of drug-likeness (QED) is 0.603. The van der Waals surface area contributed by atoms with Gasteiger partial charge in [-0.25, -0.2) is 4.72 Å². The first-order valence-electron chi connectivity index (χ1n) is 10.8. The zero-order chi connectivity index (χ0) is 23.5. The lowest BCUT2D eigenvalue weighted by atomic mass is 10.0. The number of oxazole rings is 1. The normalized spacial score (nSPS) is 15.8. The predicted octanol–water partition coefficient (Wildman–Crippen LogP) is 2.19. The number of nitrogens with zero attached hydrogens (tertiary/aromatic N) is 4. The number of ether oxygens (including phenoxy) is 1. The molecule has 12 heteroatoms. The van der Waals surface area contributed by atoms with E-state index >= 15 is 0 Å². The highest BCUT2D eigenvalue weighted by molar-refractivity contribution is 7.87. The fourth-order valence-electron chi connectivity index (χ4n) is 3.58. The van der Waals surface area contributed by atoms with Crippen LogP contribution in [0.5, 0.6) is 0 Å². The number of rotatable bonds is 8. The van der Waals surface area contributed by atoms with Crippen molar-refractivity contribution < 1.29 is 22.4 Å². The molecule has 0 spiro atoms. The minimum Gasteiger partial charge on any atom is -0.431 e. The van der Waals surface area contributed by atoms with E-state index in [-0.39, 0.29) is 43.4 Å². The molecule has 3 rings (SSSR count). The predicted molar refractivity (Wildman–Crippen MR) is 119 cm³/mol. The lowest BCUT2D eigenvalue weighted by Gasteiger charge is -2.18. The molecule has 0 aromatic carbocycles. The Hall–Kier alpha value is -2.44. The summed E-state index contributed by atoms with van der Waals surface area (Å²) in [6, 6.07) is 0.359. The van der Waals surface area contributed by atoms with Crippen LogP contribution in [0.2, 0.25) is 0 Å². The second-order valence-electron chi connectivity index (χ2n) is 8.33. The Morgan fingerprint density at radius 1 is 1.22 bits per heavy atom. The maximum absolute atomic E-state index is 12.5. The molecule has 0 radical (unpaired) electrons. The van der Waals surface area contributed by atoms with Crippen LogP contribution in [0.3, 0.4) is 0 Å². The van der Waals surface area contributed by atoms with Crippen molar-refractivity contribution in [1.29, 1.82) is 0 Å². The van der Waals surface area contributed by atoms with Crippen LogP contribution in [0, 0.1) is 6.92 Å². The molecule has 3 heterocycles. The molecule has 0 bridgehead atoms. The molecule has 32 heavy (non-hydrogen) atoms. The number of hydrogen-bond acceptors (Lipinski definition) is 8. The monoisotopic (exact) mass is 468 g/mol. The van der Waals surface area contributed by atoms with E-state index in [0.717, 1.165) is 23.2 Å². The summed E-state index contributed by atoms with van der Waals surface area (Å²) in [4.78, 5) is 16.5. The van der Waals surface area contributed by atoms with E-state index in [4.69, 9.17) is 14.3 Å². The van der Waals surface area contributed by atoms with Gasteiger partial charge < -0.3 is 14.5 Å². The van der Waals surface area contributed by atoms with E-state index in [1.54, 1.807) is 0 Å². The van der Waals surface area contributed by atoms with Gasteiger partial charge in [0.05, 0.1) is 12.3 Å². The van der Waals surface area contributed by atoms with Gasteiger partial charge in [-0.05, 0) is 33.1 Å². The van der Waals surface area contributed by atoms with Crippen LogP contribution in [0.15, 0.2) is 10.7 Å². The van der Waals surface area contributed by atoms with E-state index in [1.165, 1.54) is 4.31 Å². The summed E-state index contributed by atoms with van der Waals surface area (Å²) >= 11 is 0. The van der Waals surface area contributed by atoms with E-state index in [0.29, 0.717) is 19.6 Å². The average molecular weight is 469 g/mol. The Balaban J connectivity index is 1.67. The summed E-state index contributed by atoms with van der Waals surface area (Å²) in [5.74, 6) is -0.607. The Kier molecular flexibility index (Phi) is 7.57. The fraction of sp³-hybridized carbons (Fsp3) is 0.650. The van der Waals surface area contributed by atoms with Gasteiger partial charge in [0.2, 0.25) is 0 Å².